The number of rotatable bonds is 3. The van der Waals surface area contributed by atoms with Crippen molar-refractivity contribution >= 4 is 39.1 Å². The van der Waals surface area contributed by atoms with Crippen LogP contribution in [0, 0.1) is 6.92 Å². The summed E-state index contributed by atoms with van der Waals surface area (Å²) in [5.41, 5.74) is 4.76. The summed E-state index contributed by atoms with van der Waals surface area (Å²) in [6, 6.07) is 16.6. The lowest BCUT2D eigenvalue weighted by molar-refractivity contribution is 0.966. The molecule has 4 rings (SSSR count). The maximum absolute atomic E-state index is 4.70. The first-order chi connectivity index (χ1) is 11.7. The van der Waals surface area contributed by atoms with Crippen LogP contribution in [0.2, 0.25) is 0 Å². The van der Waals surface area contributed by atoms with Crippen molar-refractivity contribution < 1.29 is 0 Å². The summed E-state index contributed by atoms with van der Waals surface area (Å²) >= 11 is 3.49. The molecular formula is C19H17BrN4. The van der Waals surface area contributed by atoms with Crippen LogP contribution < -0.4 is 10.2 Å². The zero-order valence-electron chi connectivity index (χ0n) is 13.3. The zero-order valence-corrected chi connectivity index (χ0v) is 14.9. The number of aryl methyl sites for hydroxylation is 1. The van der Waals surface area contributed by atoms with Crippen LogP contribution in [-0.2, 0) is 6.42 Å². The summed E-state index contributed by atoms with van der Waals surface area (Å²) in [4.78, 5) is 11.3. The molecule has 0 amide bonds. The predicted octanol–water partition coefficient (Wildman–Crippen LogP) is 4.99. The molecule has 4 nitrogen and oxygen atoms in total. The first-order valence-corrected chi connectivity index (χ1v) is 8.72. The van der Waals surface area contributed by atoms with Crippen molar-refractivity contribution in [2.24, 2.45) is 0 Å². The summed E-state index contributed by atoms with van der Waals surface area (Å²) in [6.45, 7) is 3.01. The van der Waals surface area contributed by atoms with E-state index in [1.165, 1.54) is 11.3 Å². The molecule has 0 bridgehead atoms. The number of hydrogen-bond donors (Lipinski definition) is 1. The normalized spacial score (nSPS) is 13.0. The van der Waals surface area contributed by atoms with Crippen LogP contribution in [0.1, 0.15) is 11.1 Å². The number of hydrogen-bond acceptors (Lipinski definition) is 4. The molecule has 3 aromatic rings. The second kappa shape index (κ2) is 6.24. The van der Waals surface area contributed by atoms with Crippen molar-refractivity contribution in [3.05, 3.63) is 70.3 Å². The Morgan fingerprint density at radius 3 is 2.88 bits per heavy atom. The number of anilines is 4. The minimum atomic E-state index is 0.613. The lowest BCUT2D eigenvalue weighted by Gasteiger charge is -2.19. The van der Waals surface area contributed by atoms with Gasteiger partial charge in [-0.3, -0.25) is 0 Å². The molecule has 24 heavy (non-hydrogen) atoms. The van der Waals surface area contributed by atoms with E-state index < -0.39 is 0 Å². The Morgan fingerprint density at radius 1 is 1.12 bits per heavy atom. The van der Waals surface area contributed by atoms with Gasteiger partial charge in [0.15, 0.2) is 0 Å². The van der Waals surface area contributed by atoms with Gasteiger partial charge in [0.1, 0.15) is 5.82 Å². The maximum Gasteiger partial charge on any atom is 0.229 e. The van der Waals surface area contributed by atoms with Crippen molar-refractivity contribution in [2.75, 3.05) is 16.8 Å². The summed E-state index contributed by atoms with van der Waals surface area (Å²) in [5, 5.41) is 3.32. The minimum absolute atomic E-state index is 0.613. The van der Waals surface area contributed by atoms with Gasteiger partial charge in [0.25, 0.3) is 0 Å². The molecule has 1 N–H and O–H groups in total. The van der Waals surface area contributed by atoms with Gasteiger partial charge in [-0.25, -0.2) is 4.98 Å². The van der Waals surface area contributed by atoms with Gasteiger partial charge < -0.3 is 10.2 Å². The van der Waals surface area contributed by atoms with E-state index in [9.17, 15) is 0 Å². The number of aromatic nitrogens is 2. The van der Waals surface area contributed by atoms with Crippen LogP contribution in [0.25, 0.3) is 0 Å². The highest BCUT2D eigenvalue weighted by Crippen LogP contribution is 2.33. The number of para-hydroxylation sites is 1. The predicted molar refractivity (Wildman–Crippen MR) is 101 cm³/mol. The molecule has 1 aromatic heterocycles. The molecule has 2 aromatic carbocycles. The van der Waals surface area contributed by atoms with E-state index in [0.29, 0.717) is 5.95 Å². The third-order valence-electron chi connectivity index (χ3n) is 4.24. The summed E-state index contributed by atoms with van der Waals surface area (Å²) in [7, 11) is 0. The second-order valence-electron chi connectivity index (χ2n) is 5.85. The first kappa shape index (κ1) is 15.1. The molecule has 0 radical (unpaired) electrons. The standard InChI is InChI=1S/C19H17BrN4/c1-13-12-15(20)6-7-16(13)22-19-21-10-8-18(23-19)24-11-9-14-4-2-3-5-17(14)24/h2-8,10,12H,9,11H2,1H3,(H,21,22,23). The van der Waals surface area contributed by atoms with Crippen LogP contribution in [0.4, 0.5) is 23.1 Å². The average molecular weight is 381 g/mol. The largest absolute Gasteiger partial charge is 0.326 e. The second-order valence-corrected chi connectivity index (χ2v) is 6.77. The van der Waals surface area contributed by atoms with Crippen molar-refractivity contribution in [3.63, 3.8) is 0 Å². The minimum Gasteiger partial charge on any atom is -0.326 e. The molecular weight excluding hydrogens is 364 g/mol. The Bertz CT molecular complexity index is 894. The number of nitrogens with zero attached hydrogens (tertiary/aromatic N) is 3. The van der Waals surface area contributed by atoms with Crippen LogP contribution in [0.3, 0.4) is 0 Å². The number of halogens is 1. The lowest BCUT2D eigenvalue weighted by atomic mass is 10.2. The Balaban J connectivity index is 1.63. The Morgan fingerprint density at radius 2 is 2.00 bits per heavy atom. The topological polar surface area (TPSA) is 41.1 Å². The fourth-order valence-corrected chi connectivity index (χ4v) is 3.50. The van der Waals surface area contributed by atoms with E-state index in [2.05, 4.69) is 68.4 Å². The van der Waals surface area contributed by atoms with Crippen LogP contribution in [0.15, 0.2) is 59.2 Å². The van der Waals surface area contributed by atoms with Gasteiger partial charge in [0.2, 0.25) is 5.95 Å². The molecule has 0 unspecified atom stereocenters. The van der Waals surface area contributed by atoms with E-state index in [4.69, 9.17) is 4.98 Å². The molecule has 120 valence electrons. The highest BCUT2D eigenvalue weighted by atomic mass is 79.9. The molecule has 0 atom stereocenters. The van der Waals surface area contributed by atoms with Gasteiger partial charge >= 0.3 is 0 Å². The third kappa shape index (κ3) is 2.87. The van der Waals surface area contributed by atoms with Gasteiger partial charge in [0, 0.05) is 28.6 Å². The van der Waals surface area contributed by atoms with Gasteiger partial charge in [0.05, 0.1) is 0 Å². The number of benzene rings is 2. The molecule has 2 heterocycles. The van der Waals surface area contributed by atoms with Crippen molar-refractivity contribution in [3.8, 4) is 0 Å². The van der Waals surface area contributed by atoms with Crippen LogP contribution in [0.5, 0.6) is 0 Å². The Kier molecular flexibility index (Phi) is 3.94. The fraction of sp³-hybridized carbons (Fsp3) is 0.158. The van der Waals surface area contributed by atoms with E-state index in [0.717, 1.165) is 34.5 Å². The van der Waals surface area contributed by atoms with Crippen LogP contribution in [-0.4, -0.2) is 16.5 Å². The first-order valence-electron chi connectivity index (χ1n) is 7.92. The molecule has 0 aliphatic carbocycles. The van der Waals surface area contributed by atoms with Crippen molar-refractivity contribution in [1.29, 1.82) is 0 Å². The SMILES string of the molecule is Cc1cc(Br)ccc1Nc1nccc(N2CCc3ccccc32)n1. The van der Waals surface area contributed by atoms with Gasteiger partial charge in [-0.1, -0.05) is 34.1 Å². The lowest BCUT2D eigenvalue weighted by Crippen LogP contribution is -2.15. The monoisotopic (exact) mass is 380 g/mol. The molecule has 5 heteroatoms. The third-order valence-corrected chi connectivity index (χ3v) is 4.73. The van der Waals surface area contributed by atoms with Gasteiger partial charge in [-0.2, -0.15) is 4.98 Å². The summed E-state index contributed by atoms with van der Waals surface area (Å²) < 4.78 is 1.06. The Labute approximate surface area is 149 Å². The molecule has 0 fully saturated rings. The molecule has 1 aliphatic rings. The van der Waals surface area contributed by atoms with E-state index >= 15 is 0 Å². The fourth-order valence-electron chi connectivity index (χ4n) is 3.02. The summed E-state index contributed by atoms with van der Waals surface area (Å²) in [5.74, 6) is 1.54. The molecule has 0 saturated heterocycles. The molecule has 0 spiro atoms. The Hall–Kier alpha value is -2.40. The van der Waals surface area contributed by atoms with E-state index in [1.54, 1.807) is 6.20 Å². The van der Waals surface area contributed by atoms with E-state index in [-0.39, 0.29) is 0 Å². The van der Waals surface area contributed by atoms with Crippen LogP contribution >= 0.6 is 15.9 Å². The molecule has 0 saturated carbocycles. The quantitative estimate of drug-likeness (QED) is 0.694. The van der Waals surface area contributed by atoms with Gasteiger partial charge in [-0.05, 0) is 54.8 Å². The zero-order chi connectivity index (χ0) is 16.5. The average Bonchev–Trinajstić information content (AvgIpc) is 3.02. The van der Waals surface area contributed by atoms with Crippen molar-refractivity contribution in [1.82, 2.24) is 9.97 Å². The van der Waals surface area contributed by atoms with Gasteiger partial charge in [-0.15, -0.1) is 0 Å². The number of fused-ring (bicyclic) bond motifs is 1. The van der Waals surface area contributed by atoms with E-state index in [1.807, 2.05) is 18.2 Å². The highest BCUT2D eigenvalue weighted by Gasteiger charge is 2.21. The summed E-state index contributed by atoms with van der Waals surface area (Å²) in [6.07, 6.45) is 2.86. The van der Waals surface area contributed by atoms with Crippen molar-refractivity contribution in [2.45, 2.75) is 13.3 Å². The maximum atomic E-state index is 4.70. The highest BCUT2D eigenvalue weighted by molar-refractivity contribution is 9.10. The number of nitrogens with one attached hydrogen (secondary N) is 1. The molecule has 1 aliphatic heterocycles. The smallest absolute Gasteiger partial charge is 0.229 e.